The lowest BCUT2D eigenvalue weighted by Crippen LogP contribution is -2.16. The van der Waals surface area contributed by atoms with E-state index in [9.17, 15) is 18.0 Å². The van der Waals surface area contributed by atoms with Crippen molar-refractivity contribution in [3.05, 3.63) is 93.4 Å². The molecule has 0 N–H and O–H groups in total. The van der Waals surface area contributed by atoms with E-state index in [0.29, 0.717) is 16.1 Å². The fraction of sp³-hybridized carbons (Fsp3) is 0.125. The van der Waals surface area contributed by atoms with Gasteiger partial charge in [0.2, 0.25) is 0 Å². The standard InChI is InChI=1S/C24H16BrClF3N3OS/c1-14(21(33)15-9-11-17(25)12-10-15)34-23-31-30-22(16-5-4-6-18(26)13-16)32(23)20-8-3-2-7-19(20)24(27,28)29/h2-14H,1H3/t14-/m1/s1. The van der Waals surface area contributed by atoms with Gasteiger partial charge in [0.25, 0.3) is 0 Å². The number of halogens is 5. The Kier molecular flexibility index (Phi) is 7.16. The van der Waals surface area contributed by atoms with Gasteiger partial charge in [0.1, 0.15) is 0 Å². The molecular weight excluding hydrogens is 551 g/mol. The molecule has 34 heavy (non-hydrogen) atoms. The van der Waals surface area contributed by atoms with E-state index in [0.717, 1.165) is 22.3 Å². The van der Waals surface area contributed by atoms with Gasteiger partial charge < -0.3 is 0 Å². The summed E-state index contributed by atoms with van der Waals surface area (Å²) in [5, 5.41) is 8.26. The van der Waals surface area contributed by atoms with Crippen LogP contribution in [0.5, 0.6) is 0 Å². The molecule has 10 heteroatoms. The molecule has 4 aromatic rings. The summed E-state index contributed by atoms with van der Waals surface area (Å²) in [6.07, 6.45) is -4.60. The minimum absolute atomic E-state index is 0.138. The average molecular weight is 567 g/mol. The molecule has 0 amide bonds. The molecule has 0 aliphatic rings. The van der Waals surface area contributed by atoms with E-state index in [4.69, 9.17) is 11.6 Å². The minimum atomic E-state index is -4.60. The number of ketones is 1. The maximum atomic E-state index is 13.9. The van der Waals surface area contributed by atoms with Gasteiger partial charge in [-0.25, -0.2) is 0 Å². The summed E-state index contributed by atoms with van der Waals surface area (Å²) in [7, 11) is 0. The average Bonchev–Trinajstić information content (AvgIpc) is 3.22. The number of alkyl halides is 3. The zero-order valence-corrected chi connectivity index (χ0v) is 20.7. The molecule has 0 fully saturated rings. The Balaban J connectivity index is 1.82. The van der Waals surface area contributed by atoms with Gasteiger partial charge in [-0.05, 0) is 43.3 Å². The second kappa shape index (κ2) is 9.93. The second-order valence-electron chi connectivity index (χ2n) is 7.30. The van der Waals surface area contributed by atoms with E-state index in [2.05, 4.69) is 26.1 Å². The van der Waals surface area contributed by atoms with Crippen molar-refractivity contribution in [3.63, 3.8) is 0 Å². The van der Waals surface area contributed by atoms with Crippen LogP contribution in [-0.4, -0.2) is 25.8 Å². The first-order chi connectivity index (χ1) is 16.1. The molecule has 1 aromatic heterocycles. The Morgan fingerprint density at radius 1 is 1.03 bits per heavy atom. The molecule has 4 rings (SSSR count). The van der Waals surface area contributed by atoms with Gasteiger partial charge in [-0.3, -0.25) is 9.36 Å². The van der Waals surface area contributed by atoms with E-state index < -0.39 is 17.0 Å². The number of benzene rings is 3. The number of carbonyl (C=O) groups excluding carboxylic acids is 1. The van der Waals surface area contributed by atoms with Gasteiger partial charge in [-0.1, -0.05) is 75.7 Å². The second-order valence-corrected chi connectivity index (χ2v) is 9.96. The molecule has 0 aliphatic carbocycles. The van der Waals surface area contributed by atoms with Crippen molar-refractivity contribution < 1.29 is 18.0 Å². The molecule has 0 unspecified atom stereocenters. The zero-order chi connectivity index (χ0) is 24.5. The molecule has 0 radical (unpaired) electrons. The fourth-order valence-electron chi connectivity index (χ4n) is 3.35. The summed E-state index contributed by atoms with van der Waals surface area (Å²) in [6, 6.07) is 18.7. The zero-order valence-electron chi connectivity index (χ0n) is 17.6. The van der Waals surface area contributed by atoms with Crippen LogP contribution in [0.2, 0.25) is 5.02 Å². The van der Waals surface area contributed by atoms with Gasteiger partial charge in [0, 0.05) is 20.6 Å². The summed E-state index contributed by atoms with van der Waals surface area (Å²) < 4.78 is 43.8. The van der Waals surface area contributed by atoms with Crippen LogP contribution in [0.3, 0.4) is 0 Å². The predicted molar refractivity (Wildman–Crippen MR) is 131 cm³/mol. The Labute approximate surface area is 211 Å². The van der Waals surface area contributed by atoms with E-state index >= 15 is 0 Å². The minimum Gasteiger partial charge on any atom is -0.293 e. The van der Waals surface area contributed by atoms with E-state index in [1.54, 1.807) is 55.5 Å². The molecule has 4 nitrogen and oxygen atoms in total. The lowest BCUT2D eigenvalue weighted by Gasteiger charge is -2.17. The van der Waals surface area contributed by atoms with Crippen LogP contribution in [0, 0.1) is 0 Å². The largest absolute Gasteiger partial charge is 0.418 e. The van der Waals surface area contributed by atoms with Crippen molar-refractivity contribution in [1.29, 1.82) is 0 Å². The molecule has 0 aliphatic heterocycles. The first-order valence-electron chi connectivity index (χ1n) is 9.99. The van der Waals surface area contributed by atoms with Gasteiger partial charge >= 0.3 is 6.18 Å². The van der Waals surface area contributed by atoms with Crippen LogP contribution in [0.15, 0.2) is 82.4 Å². The van der Waals surface area contributed by atoms with Crippen molar-refractivity contribution >= 4 is 45.1 Å². The highest BCUT2D eigenvalue weighted by atomic mass is 79.9. The van der Waals surface area contributed by atoms with Crippen molar-refractivity contribution in [3.8, 4) is 17.1 Å². The number of aromatic nitrogens is 3. The van der Waals surface area contributed by atoms with Gasteiger partial charge in [0.05, 0.1) is 16.5 Å². The number of carbonyl (C=O) groups is 1. The van der Waals surface area contributed by atoms with Gasteiger partial charge in [0.15, 0.2) is 16.8 Å². The lowest BCUT2D eigenvalue weighted by molar-refractivity contribution is -0.137. The number of nitrogens with zero attached hydrogens (tertiary/aromatic N) is 3. The summed E-state index contributed by atoms with van der Waals surface area (Å²) >= 11 is 10.5. The Hall–Kier alpha value is -2.62. The van der Waals surface area contributed by atoms with E-state index in [-0.39, 0.29) is 22.5 Å². The van der Waals surface area contributed by atoms with Crippen LogP contribution >= 0.6 is 39.3 Å². The highest BCUT2D eigenvalue weighted by Crippen LogP contribution is 2.38. The van der Waals surface area contributed by atoms with Crippen LogP contribution in [0.4, 0.5) is 13.2 Å². The lowest BCUT2D eigenvalue weighted by atomic mass is 10.1. The number of hydrogen-bond donors (Lipinski definition) is 0. The smallest absolute Gasteiger partial charge is 0.293 e. The number of hydrogen-bond acceptors (Lipinski definition) is 4. The van der Waals surface area contributed by atoms with E-state index in [1.807, 2.05) is 0 Å². The third-order valence-electron chi connectivity index (χ3n) is 4.95. The quantitative estimate of drug-likeness (QED) is 0.177. The Bertz CT molecular complexity index is 1340. The van der Waals surface area contributed by atoms with Crippen molar-refractivity contribution in [2.45, 2.75) is 23.5 Å². The summed E-state index contributed by atoms with van der Waals surface area (Å²) in [5.41, 5.74) is 0.00308. The van der Waals surface area contributed by atoms with Crippen molar-refractivity contribution in [2.75, 3.05) is 0 Å². The third-order valence-corrected chi connectivity index (χ3v) is 6.75. The highest BCUT2D eigenvalue weighted by Gasteiger charge is 2.35. The Morgan fingerprint density at radius 3 is 2.41 bits per heavy atom. The normalized spacial score (nSPS) is 12.5. The van der Waals surface area contributed by atoms with Crippen LogP contribution in [0.1, 0.15) is 22.8 Å². The maximum absolute atomic E-state index is 13.9. The van der Waals surface area contributed by atoms with Crippen molar-refractivity contribution in [2.24, 2.45) is 0 Å². The summed E-state index contributed by atoms with van der Waals surface area (Å²) in [6.45, 7) is 1.68. The summed E-state index contributed by atoms with van der Waals surface area (Å²) in [4.78, 5) is 13.0. The number of Topliss-reactive ketones (excluding diaryl/α,β-unsaturated/α-hetero) is 1. The first-order valence-corrected chi connectivity index (χ1v) is 12.0. The molecule has 0 saturated carbocycles. The molecule has 0 saturated heterocycles. The number of para-hydroxylation sites is 1. The Morgan fingerprint density at radius 2 is 1.74 bits per heavy atom. The SMILES string of the molecule is C[C@@H](Sc1nnc(-c2cccc(Cl)c2)n1-c1ccccc1C(F)(F)F)C(=O)c1ccc(Br)cc1. The third kappa shape index (κ3) is 5.21. The molecule has 174 valence electrons. The van der Waals surface area contributed by atoms with Gasteiger partial charge in [-0.2, -0.15) is 13.2 Å². The maximum Gasteiger partial charge on any atom is 0.418 e. The fourth-order valence-corrected chi connectivity index (χ4v) is 4.74. The van der Waals surface area contributed by atoms with Crippen LogP contribution < -0.4 is 0 Å². The molecule has 1 heterocycles. The molecule has 0 spiro atoms. The number of thioether (sulfide) groups is 1. The van der Waals surface area contributed by atoms with Crippen molar-refractivity contribution in [1.82, 2.24) is 14.8 Å². The molecule has 0 bridgehead atoms. The monoisotopic (exact) mass is 565 g/mol. The first kappa shape index (κ1) is 24.5. The summed E-state index contributed by atoms with van der Waals surface area (Å²) in [5.74, 6) is 0.00505. The van der Waals surface area contributed by atoms with E-state index in [1.165, 1.54) is 22.8 Å². The predicted octanol–water partition coefficient (Wildman–Crippen LogP) is 7.73. The molecule has 1 atom stereocenters. The highest BCUT2D eigenvalue weighted by molar-refractivity contribution is 9.10. The molecule has 3 aromatic carbocycles. The number of rotatable bonds is 6. The topological polar surface area (TPSA) is 47.8 Å². The van der Waals surface area contributed by atoms with Crippen LogP contribution in [0.25, 0.3) is 17.1 Å². The van der Waals surface area contributed by atoms with Gasteiger partial charge in [-0.15, -0.1) is 10.2 Å². The molecular formula is C24H16BrClF3N3OS. The van der Waals surface area contributed by atoms with Crippen LogP contribution in [-0.2, 0) is 6.18 Å².